The van der Waals surface area contributed by atoms with Gasteiger partial charge in [0.2, 0.25) is 0 Å². The molecule has 0 spiro atoms. The molecule has 1 aromatic rings. The third-order valence-corrected chi connectivity index (χ3v) is 3.04. The number of hydrogen-bond donors (Lipinski definition) is 3. The second kappa shape index (κ2) is 8.30. The number of carbonyl (C=O) groups excluding carboxylic acids is 1. The van der Waals surface area contributed by atoms with Crippen LogP contribution in [0.4, 0.5) is 0 Å². The number of rotatable bonds is 8. The molecule has 0 aromatic heterocycles. The molecule has 0 aliphatic heterocycles. The summed E-state index contributed by atoms with van der Waals surface area (Å²) in [7, 11) is 0. The van der Waals surface area contributed by atoms with E-state index >= 15 is 0 Å². The molecule has 112 valence electrons. The molecule has 20 heavy (non-hydrogen) atoms. The van der Waals surface area contributed by atoms with Gasteiger partial charge in [0.05, 0.1) is 6.61 Å². The smallest absolute Gasteiger partial charge is 0.342 e. The molecule has 1 rings (SSSR count). The van der Waals surface area contributed by atoms with Gasteiger partial charge >= 0.3 is 5.97 Å². The standard InChI is InChI=1S/C15H22O5/c1-2-3-4-5-6-7-8-20-15(19)11-9-13(17)14(18)10-12(11)16/h9-10,16-18H,2-8H2,1H3. The van der Waals surface area contributed by atoms with Gasteiger partial charge in [0.1, 0.15) is 11.3 Å². The van der Waals surface area contributed by atoms with Crippen LogP contribution in [0.15, 0.2) is 12.1 Å². The molecular weight excluding hydrogens is 260 g/mol. The molecule has 0 bridgehead atoms. The molecule has 5 nitrogen and oxygen atoms in total. The molecule has 0 aliphatic rings. The number of benzene rings is 1. The number of unbranched alkanes of at least 4 members (excludes halogenated alkanes) is 5. The van der Waals surface area contributed by atoms with Crippen molar-refractivity contribution in [2.45, 2.75) is 45.4 Å². The van der Waals surface area contributed by atoms with Gasteiger partial charge in [-0.1, -0.05) is 39.0 Å². The Bertz CT molecular complexity index is 442. The van der Waals surface area contributed by atoms with E-state index in [-0.39, 0.29) is 12.2 Å². The SMILES string of the molecule is CCCCCCCCOC(=O)c1cc(O)c(O)cc1O. The van der Waals surface area contributed by atoms with Crippen molar-refractivity contribution in [1.29, 1.82) is 0 Å². The van der Waals surface area contributed by atoms with Crippen LogP contribution in [0.25, 0.3) is 0 Å². The fraction of sp³-hybridized carbons (Fsp3) is 0.533. The molecule has 0 amide bonds. The fourth-order valence-electron chi connectivity index (χ4n) is 1.85. The van der Waals surface area contributed by atoms with Gasteiger partial charge in [0.25, 0.3) is 0 Å². The van der Waals surface area contributed by atoms with E-state index in [1.807, 2.05) is 0 Å². The second-order valence-electron chi connectivity index (χ2n) is 4.76. The highest BCUT2D eigenvalue weighted by Crippen LogP contribution is 2.32. The minimum atomic E-state index is -0.702. The highest BCUT2D eigenvalue weighted by Gasteiger charge is 2.16. The summed E-state index contributed by atoms with van der Waals surface area (Å²) in [6.45, 7) is 2.44. The van der Waals surface area contributed by atoms with Crippen LogP contribution < -0.4 is 0 Å². The van der Waals surface area contributed by atoms with Crippen molar-refractivity contribution in [3.63, 3.8) is 0 Å². The number of hydrogen-bond acceptors (Lipinski definition) is 5. The Hall–Kier alpha value is -1.91. The van der Waals surface area contributed by atoms with Gasteiger partial charge < -0.3 is 20.1 Å². The van der Waals surface area contributed by atoms with E-state index < -0.39 is 23.2 Å². The number of esters is 1. The maximum atomic E-state index is 11.7. The van der Waals surface area contributed by atoms with Crippen molar-refractivity contribution in [2.24, 2.45) is 0 Å². The number of aromatic hydroxyl groups is 3. The van der Waals surface area contributed by atoms with Crippen LogP contribution in [0.2, 0.25) is 0 Å². The molecule has 0 aliphatic carbocycles. The maximum absolute atomic E-state index is 11.7. The summed E-state index contributed by atoms with van der Waals surface area (Å²) < 4.78 is 5.02. The fourth-order valence-corrected chi connectivity index (χ4v) is 1.85. The Balaban J connectivity index is 2.34. The lowest BCUT2D eigenvalue weighted by atomic mass is 10.1. The van der Waals surface area contributed by atoms with Gasteiger partial charge in [0.15, 0.2) is 11.5 Å². The number of ether oxygens (including phenoxy) is 1. The lowest BCUT2D eigenvalue weighted by Gasteiger charge is -2.07. The average molecular weight is 282 g/mol. The van der Waals surface area contributed by atoms with Crippen LogP contribution in [0.5, 0.6) is 17.2 Å². The summed E-state index contributed by atoms with van der Waals surface area (Å²) in [5.41, 5.74) is -0.147. The average Bonchev–Trinajstić information content (AvgIpc) is 2.41. The van der Waals surface area contributed by atoms with Gasteiger partial charge in [-0.25, -0.2) is 4.79 Å². The van der Waals surface area contributed by atoms with Crippen molar-refractivity contribution < 1.29 is 24.9 Å². The summed E-state index contributed by atoms with van der Waals surface area (Å²) in [6, 6.07) is 1.91. The van der Waals surface area contributed by atoms with Crippen LogP contribution in [0, 0.1) is 0 Å². The normalized spacial score (nSPS) is 10.4. The first-order chi connectivity index (χ1) is 9.56. The molecule has 0 radical (unpaired) electrons. The Morgan fingerprint density at radius 2 is 1.55 bits per heavy atom. The predicted octanol–water partition coefficient (Wildman–Crippen LogP) is 3.32. The van der Waals surface area contributed by atoms with Gasteiger partial charge in [-0.15, -0.1) is 0 Å². The third kappa shape index (κ3) is 4.99. The lowest BCUT2D eigenvalue weighted by Crippen LogP contribution is -2.06. The van der Waals surface area contributed by atoms with Crippen LogP contribution in [0.1, 0.15) is 55.8 Å². The summed E-state index contributed by atoms with van der Waals surface area (Å²) in [5, 5.41) is 28.0. The topological polar surface area (TPSA) is 87.0 Å². The summed E-state index contributed by atoms with van der Waals surface area (Å²) in [4.78, 5) is 11.7. The summed E-state index contributed by atoms with van der Waals surface area (Å²) in [5.74, 6) is -2.05. The predicted molar refractivity (Wildman–Crippen MR) is 75.1 cm³/mol. The van der Waals surface area contributed by atoms with E-state index in [4.69, 9.17) is 9.84 Å². The van der Waals surface area contributed by atoms with E-state index in [9.17, 15) is 15.0 Å². The molecule has 5 heteroatoms. The van der Waals surface area contributed by atoms with Crippen LogP contribution in [0.3, 0.4) is 0 Å². The zero-order valence-corrected chi connectivity index (χ0v) is 11.8. The highest BCUT2D eigenvalue weighted by molar-refractivity contribution is 5.93. The molecule has 0 saturated heterocycles. The van der Waals surface area contributed by atoms with Crippen LogP contribution in [-0.4, -0.2) is 27.9 Å². The van der Waals surface area contributed by atoms with Crippen molar-refractivity contribution in [2.75, 3.05) is 6.61 Å². The zero-order valence-electron chi connectivity index (χ0n) is 11.8. The number of carbonyl (C=O) groups is 1. The van der Waals surface area contributed by atoms with Crippen molar-refractivity contribution in [1.82, 2.24) is 0 Å². The number of phenolic OH excluding ortho intramolecular Hbond substituents is 3. The van der Waals surface area contributed by atoms with Gasteiger partial charge in [-0.3, -0.25) is 0 Å². The zero-order chi connectivity index (χ0) is 15.0. The quantitative estimate of drug-likeness (QED) is 0.295. The van der Waals surface area contributed by atoms with Crippen LogP contribution >= 0.6 is 0 Å². The number of phenols is 3. The van der Waals surface area contributed by atoms with Gasteiger partial charge in [-0.2, -0.15) is 0 Å². The van der Waals surface area contributed by atoms with Crippen molar-refractivity contribution >= 4 is 5.97 Å². The Morgan fingerprint density at radius 3 is 2.25 bits per heavy atom. The molecule has 3 N–H and O–H groups in total. The first kappa shape index (κ1) is 16.1. The van der Waals surface area contributed by atoms with E-state index in [1.54, 1.807) is 0 Å². The Kier molecular flexibility index (Phi) is 6.70. The van der Waals surface area contributed by atoms with Gasteiger partial charge in [0, 0.05) is 12.1 Å². The molecule has 0 atom stereocenters. The van der Waals surface area contributed by atoms with Crippen molar-refractivity contribution in [3.05, 3.63) is 17.7 Å². The molecule has 0 unspecified atom stereocenters. The summed E-state index contributed by atoms with van der Waals surface area (Å²) >= 11 is 0. The van der Waals surface area contributed by atoms with Gasteiger partial charge in [-0.05, 0) is 6.42 Å². The lowest BCUT2D eigenvalue weighted by molar-refractivity contribution is 0.0494. The highest BCUT2D eigenvalue weighted by atomic mass is 16.5. The summed E-state index contributed by atoms with van der Waals surface area (Å²) in [6.07, 6.45) is 6.51. The minimum absolute atomic E-state index is 0.147. The minimum Gasteiger partial charge on any atom is -0.507 e. The Morgan fingerprint density at radius 1 is 0.950 bits per heavy atom. The largest absolute Gasteiger partial charge is 0.507 e. The van der Waals surface area contributed by atoms with E-state index in [2.05, 4.69) is 6.92 Å². The maximum Gasteiger partial charge on any atom is 0.342 e. The third-order valence-electron chi connectivity index (χ3n) is 3.04. The van der Waals surface area contributed by atoms with Crippen LogP contribution in [-0.2, 0) is 4.74 Å². The van der Waals surface area contributed by atoms with E-state index in [0.717, 1.165) is 31.4 Å². The first-order valence-corrected chi connectivity index (χ1v) is 6.98. The molecule has 0 saturated carbocycles. The van der Waals surface area contributed by atoms with E-state index in [1.165, 1.54) is 19.3 Å². The first-order valence-electron chi connectivity index (χ1n) is 6.98. The second-order valence-corrected chi connectivity index (χ2v) is 4.76. The molecule has 0 fully saturated rings. The molecular formula is C15H22O5. The van der Waals surface area contributed by atoms with Crippen molar-refractivity contribution in [3.8, 4) is 17.2 Å². The van der Waals surface area contributed by atoms with E-state index in [0.29, 0.717) is 0 Å². The molecule has 1 aromatic carbocycles. The molecule has 0 heterocycles. The Labute approximate surface area is 118 Å². The monoisotopic (exact) mass is 282 g/mol.